The molecule has 0 aliphatic heterocycles. The van der Waals surface area contributed by atoms with E-state index in [2.05, 4.69) is 130 Å². The van der Waals surface area contributed by atoms with Gasteiger partial charge in [0.05, 0.1) is 22.1 Å². The Morgan fingerprint density at radius 1 is 0.395 bits per heavy atom. The van der Waals surface area contributed by atoms with Crippen molar-refractivity contribution in [2.24, 2.45) is 0 Å². The fourth-order valence-electron chi connectivity index (χ4n) is 5.89. The number of pyridine rings is 1. The van der Waals surface area contributed by atoms with E-state index in [9.17, 15) is 0 Å². The predicted molar refractivity (Wildman–Crippen MR) is 158 cm³/mol. The summed E-state index contributed by atoms with van der Waals surface area (Å²) in [4.78, 5) is 4.72. The molecule has 5 aromatic carbocycles. The van der Waals surface area contributed by atoms with Gasteiger partial charge in [-0.05, 0) is 53.6 Å². The average molecular weight is 486 g/mol. The first-order chi connectivity index (χ1) is 18.9. The van der Waals surface area contributed by atoms with Gasteiger partial charge in [-0.15, -0.1) is 0 Å². The highest BCUT2D eigenvalue weighted by Crippen LogP contribution is 2.37. The molecule has 0 aliphatic rings. The Bertz CT molecular complexity index is 2120. The first kappa shape index (κ1) is 21.0. The monoisotopic (exact) mass is 485 g/mol. The van der Waals surface area contributed by atoms with E-state index in [0.29, 0.717) is 0 Å². The number of benzene rings is 5. The minimum Gasteiger partial charge on any atom is -0.309 e. The Morgan fingerprint density at radius 3 is 1.74 bits per heavy atom. The zero-order chi connectivity index (χ0) is 25.1. The van der Waals surface area contributed by atoms with Gasteiger partial charge < -0.3 is 4.57 Å². The van der Waals surface area contributed by atoms with Crippen LogP contribution in [0.1, 0.15) is 0 Å². The van der Waals surface area contributed by atoms with Gasteiger partial charge in [-0.1, -0.05) is 91.0 Å². The molecule has 3 nitrogen and oxygen atoms in total. The van der Waals surface area contributed by atoms with E-state index in [0.717, 1.165) is 22.5 Å². The molecule has 0 N–H and O–H groups in total. The van der Waals surface area contributed by atoms with E-state index >= 15 is 0 Å². The first-order valence-electron chi connectivity index (χ1n) is 12.9. The molecule has 0 saturated heterocycles. The molecule has 38 heavy (non-hydrogen) atoms. The normalized spacial score (nSPS) is 11.7. The maximum atomic E-state index is 4.72. The molecule has 8 rings (SSSR count). The Morgan fingerprint density at radius 2 is 1.00 bits per heavy atom. The molecular formula is C35H23N3. The second-order valence-electron chi connectivity index (χ2n) is 9.69. The van der Waals surface area contributed by atoms with E-state index < -0.39 is 0 Å². The molecule has 0 bridgehead atoms. The molecule has 178 valence electrons. The van der Waals surface area contributed by atoms with Crippen molar-refractivity contribution in [2.75, 3.05) is 0 Å². The zero-order valence-corrected chi connectivity index (χ0v) is 20.6. The van der Waals surface area contributed by atoms with Gasteiger partial charge in [-0.25, -0.2) is 4.98 Å². The summed E-state index contributed by atoms with van der Waals surface area (Å²) in [7, 11) is 0. The van der Waals surface area contributed by atoms with Crippen LogP contribution in [-0.4, -0.2) is 14.1 Å². The van der Waals surface area contributed by atoms with Crippen molar-refractivity contribution in [3.8, 4) is 22.6 Å². The van der Waals surface area contributed by atoms with Crippen LogP contribution in [0.25, 0.3) is 66.2 Å². The smallest absolute Gasteiger partial charge is 0.137 e. The third kappa shape index (κ3) is 3.06. The lowest BCUT2D eigenvalue weighted by Gasteiger charge is -2.11. The molecular weight excluding hydrogens is 462 g/mol. The molecule has 0 atom stereocenters. The lowest BCUT2D eigenvalue weighted by molar-refractivity contribution is 1.08. The Kier molecular flexibility index (Phi) is 4.52. The van der Waals surface area contributed by atoms with Gasteiger partial charge in [-0.2, -0.15) is 0 Å². The van der Waals surface area contributed by atoms with E-state index in [1.54, 1.807) is 0 Å². The van der Waals surface area contributed by atoms with Crippen LogP contribution in [0, 0.1) is 0 Å². The molecule has 8 aromatic rings. The quantitative estimate of drug-likeness (QED) is 0.245. The molecule has 0 saturated carbocycles. The number of aromatic nitrogens is 3. The van der Waals surface area contributed by atoms with Crippen molar-refractivity contribution in [3.63, 3.8) is 0 Å². The predicted octanol–water partition coefficient (Wildman–Crippen LogP) is 8.94. The summed E-state index contributed by atoms with van der Waals surface area (Å²) >= 11 is 0. The second-order valence-corrected chi connectivity index (χ2v) is 9.69. The highest BCUT2D eigenvalue weighted by molar-refractivity contribution is 6.12. The molecule has 0 radical (unpaired) electrons. The van der Waals surface area contributed by atoms with Gasteiger partial charge in [0, 0.05) is 33.4 Å². The van der Waals surface area contributed by atoms with Crippen molar-refractivity contribution < 1.29 is 0 Å². The topological polar surface area (TPSA) is 22.8 Å². The summed E-state index contributed by atoms with van der Waals surface area (Å²) in [6, 6.07) is 47.6. The highest BCUT2D eigenvalue weighted by atomic mass is 15.1. The number of hydrogen-bond acceptors (Lipinski definition) is 1. The summed E-state index contributed by atoms with van der Waals surface area (Å²) in [6.45, 7) is 0. The largest absolute Gasteiger partial charge is 0.309 e. The summed E-state index contributed by atoms with van der Waals surface area (Å²) in [5.41, 5.74) is 8.27. The Balaban J connectivity index is 1.46. The molecule has 0 fully saturated rings. The third-order valence-electron chi connectivity index (χ3n) is 7.57. The second kappa shape index (κ2) is 8.19. The molecule has 0 amide bonds. The van der Waals surface area contributed by atoms with E-state index in [-0.39, 0.29) is 0 Å². The van der Waals surface area contributed by atoms with Crippen molar-refractivity contribution in [3.05, 3.63) is 140 Å². The number of fused-ring (bicyclic) bond motifs is 6. The Labute approximate surface area is 219 Å². The molecule has 3 heteroatoms. The van der Waals surface area contributed by atoms with Crippen LogP contribution in [0.2, 0.25) is 0 Å². The van der Waals surface area contributed by atoms with Crippen molar-refractivity contribution >= 4 is 43.6 Å². The van der Waals surface area contributed by atoms with Crippen molar-refractivity contribution in [1.82, 2.24) is 14.1 Å². The van der Waals surface area contributed by atoms with Crippen LogP contribution in [-0.2, 0) is 0 Å². The Hall–Kier alpha value is -5.15. The van der Waals surface area contributed by atoms with Crippen LogP contribution >= 0.6 is 0 Å². The van der Waals surface area contributed by atoms with Crippen molar-refractivity contribution in [2.45, 2.75) is 0 Å². The summed E-state index contributed by atoms with van der Waals surface area (Å²) < 4.78 is 4.68. The zero-order valence-electron chi connectivity index (χ0n) is 20.6. The van der Waals surface area contributed by atoms with E-state index in [1.807, 2.05) is 18.3 Å². The van der Waals surface area contributed by atoms with Crippen LogP contribution in [0.4, 0.5) is 0 Å². The fraction of sp³-hybridized carbons (Fsp3) is 0. The van der Waals surface area contributed by atoms with Gasteiger partial charge >= 0.3 is 0 Å². The maximum Gasteiger partial charge on any atom is 0.137 e. The van der Waals surface area contributed by atoms with E-state index in [1.165, 1.54) is 43.7 Å². The summed E-state index contributed by atoms with van der Waals surface area (Å²) in [5, 5.41) is 4.96. The van der Waals surface area contributed by atoms with Gasteiger partial charge in [0.25, 0.3) is 0 Å². The van der Waals surface area contributed by atoms with Gasteiger partial charge in [0.15, 0.2) is 0 Å². The SMILES string of the molecule is c1ccc(-c2ccc3c4ccccc4n(-c4ccc5c6ccccc6n(-c6ccccn6)c5c4)c3c2)cc1. The summed E-state index contributed by atoms with van der Waals surface area (Å²) in [5.74, 6) is 0.921. The maximum absolute atomic E-state index is 4.72. The molecule has 3 heterocycles. The number of hydrogen-bond donors (Lipinski definition) is 0. The standard InChI is InChI=1S/C35H23N3/c1-2-10-24(11-3-1)25-17-19-29-27-12-4-6-14-31(27)37(33(29)22-25)26-18-20-30-28-13-5-7-15-32(28)38(34(30)23-26)35-16-8-9-21-36-35/h1-23H. The fourth-order valence-corrected chi connectivity index (χ4v) is 5.89. The molecule has 0 unspecified atom stereocenters. The van der Waals surface area contributed by atoms with Gasteiger partial charge in [0.1, 0.15) is 5.82 Å². The van der Waals surface area contributed by atoms with Crippen LogP contribution in [0.15, 0.2) is 140 Å². The van der Waals surface area contributed by atoms with Crippen LogP contribution in [0.3, 0.4) is 0 Å². The van der Waals surface area contributed by atoms with Crippen LogP contribution in [0.5, 0.6) is 0 Å². The molecule has 0 aliphatic carbocycles. The minimum atomic E-state index is 0.921. The first-order valence-corrected chi connectivity index (χ1v) is 12.9. The molecule has 3 aromatic heterocycles. The number of rotatable bonds is 3. The summed E-state index contributed by atoms with van der Waals surface area (Å²) in [6.07, 6.45) is 1.86. The lowest BCUT2D eigenvalue weighted by atomic mass is 10.0. The third-order valence-corrected chi connectivity index (χ3v) is 7.57. The lowest BCUT2D eigenvalue weighted by Crippen LogP contribution is -1.98. The number of nitrogens with zero attached hydrogens (tertiary/aromatic N) is 3. The minimum absolute atomic E-state index is 0.921. The van der Waals surface area contributed by atoms with Crippen molar-refractivity contribution in [1.29, 1.82) is 0 Å². The number of para-hydroxylation sites is 2. The highest BCUT2D eigenvalue weighted by Gasteiger charge is 2.17. The van der Waals surface area contributed by atoms with Crippen LogP contribution < -0.4 is 0 Å². The van der Waals surface area contributed by atoms with Gasteiger partial charge in [0.2, 0.25) is 0 Å². The average Bonchev–Trinajstić information content (AvgIpc) is 3.50. The van der Waals surface area contributed by atoms with Gasteiger partial charge in [-0.3, -0.25) is 4.57 Å². The molecule has 0 spiro atoms. The van der Waals surface area contributed by atoms with E-state index in [4.69, 9.17) is 4.98 Å².